The molecule has 1 N–H and O–H groups in total. The molecule has 0 radical (unpaired) electrons. The number of ether oxygens (including phenoxy) is 2. The third kappa shape index (κ3) is 5.15. The van der Waals surface area contributed by atoms with Gasteiger partial charge in [-0.25, -0.2) is 9.69 Å². The molecule has 0 bridgehead atoms. The van der Waals surface area contributed by atoms with Crippen molar-refractivity contribution in [3.8, 4) is 17.6 Å². The fourth-order valence-electron chi connectivity index (χ4n) is 3.74. The Morgan fingerprint density at radius 3 is 2.41 bits per heavy atom. The van der Waals surface area contributed by atoms with Crippen LogP contribution >= 0.6 is 0 Å². The molecule has 0 aliphatic carbocycles. The second-order valence-electron chi connectivity index (χ2n) is 7.68. The monoisotopic (exact) mass is 459 g/mol. The maximum absolute atomic E-state index is 13.3. The molecule has 2 aromatic carbocycles. The molecule has 8 heteroatoms. The number of aryl methyl sites for hydroxylation is 2. The number of nitriles is 1. The van der Waals surface area contributed by atoms with Crippen LogP contribution in [0.15, 0.2) is 48.6 Å². The van der Waals surface area contributed by atoms with Gasteiger partial charge in [0.15, 0.2) is 18.1 Å². The summed E-state index contributed by atoms with van der Waals surface area (Å²) in [6.07, 6.45) is 3.48. The van der Waals surface area contributed by atoms with E-state index in [2.05, 4.69) is 11.9 Å². The Morgan fingerprint density at radius 2 is 1.79 bits per heavy atom. The molecule has 8 nitrogen and oxygen atoms in total. The van der Waals surface area contributed by atoms with Gasteiger partial charge in [-0.2, -0.15) is 5.26 Å². The highest BCUT2D eigenvalue weighted by molar-refractivity contribution is 6.39. The quantitative estimate of drug-likeness (QED) is 0.363. The zero-order valence-electron chi connectivity index (χ0n) is 19.3. The molecule has 0 unspecified atom stereocenters. The highest BCUT2D eigenvalue weighted by atomic mass is 16.5. The SMILES string of the molecule is C=CCc1cc(/C=C2\C(=O)NC(=O)N(c3cc(C)cc(C)c3)C2=O)cc(OCC)c1OCC#N. The summed E-state index contributed by atoms with van der Waals surface area (Å²) in [5.74, 6) is -0.748. The maximum Gasteiger partial charge on any atom is 0.335 e. The topological polar surface area (TPSA) is 109 Å². The number of nitrogens with zero attached hydrogens (tertiary/aromatic N) is 2. The van der Waals surface area contributed by atoms with E-state index in [-0.39, 0.29) is 12.2 Å². The van der Waals surface area contributed by atoms with E-state index in [1.807, 2.05) is 26.0 Å². The number of carbonyl (C=O) groups excluding carboxylic acids is 3. The number of hydrogen-bond donors (Lipinski definition) is 1. The largest absolute Gasteiger partial charge is 0.490 e. The van der Waals surface area contributed by atoms with Crippen LogP contribution < -0.4 is 19.7 Å². The standard InChI is InChI=1S/C26H25N3O5/c1-5-7-19-13-18(15-22(33-6-2)23(19)34-9-8-27)14-21-24(30)28-26(32)29(25(21)31)20-11-16(3)10-17(4)12-20/h5,10-15H,1,6-7,9H2,2-4H3,(H,28,30,32)/b21-14+. The molecule has 1 aliphatic heterocycles. The molecule has 0 aromatic heterocycles. The van der Waals surface area contributed by atoms with Gasteiger partial charge >= 0.3 is 6.03 Å². The lowest BCUT2D eigenvalue weighted by atomic mass is 10.0. The van der Waals surface area contributed by atoms with Crippen LogP contribution in [0.5, 0.6) is 11.5 Å². The van der Waals surface area contributed by atoms with Crippen LogP contribution in [0.3, 0.4) is 0 Å². The van der Waals surface area contributed by atoms with E-state index in [1.165, 1.54) is 6.08 Å². The number of urea groups is 1. The van der Waals surface area contributed by atoms with Gasteiger partial charge in [-0.05, 0) is 74.2 Å². The normalized spacial score (nSPS) is 14.6. The first kappa shape index (κ1) is 24.3. The second-order valence-corrected chi connectivity index (χ2v) is 7.68. The molecule has 0 atom stereocenters. The fourth-order valence-corrected chi connectivity index (χ4v) is 3.74. The summed E-state index contributed by atoms with van der Waals surface area (Å²) >= 11 is 0. The highest BCUT2D eigenvalue weighted by Gasteiger charge is 2.37. The van der Waals surface area contributed by atoms with Crippen molar-refractivity contribution in [1.82, 2.24) is 5.32 Å². The average Bonchev–Trinajstić information content (AvgIpc) is 2.76. The molecule has 0 spiro atoms. The van der Waals surface area contributed by atoms with Crippen molar-refractivity contribution in [1.29, 1.82) is 5.26 Å². The van der Waals surface area contributed by atoms with Gasteiger partial charge in [-0.3, -0.25) is 14.9 Å². The number of imide groups is 2. The summed E-state index contributed by atoms with van der Waals surface area (Å²) in [5, 5.41) is 11.2. The lowest BCUT2D eigenvalue weighted by Gasteiger charge is -2.27. The van der Waals surface area contributed by atoms with Crippen LogP contribution in [0.1, 0.15) is 29.2 Å². The van der Waals surface area contributed by atoms with E-state index in [0.717, 1.165) is 16.0 Å². The van der Waals surface area contributed by atoms with Gasteiger partial charge in [0.1, 0.15) is 11.6 Å². The number of nitrogens with one attached hydrogen (secondary N) is 1. The van der Waals surface area contributed by atoms with E-state index < -0.39 is 17.8 Å². The second kappa shape index (κ2) is 10.5. The summed E-state index contributed by atoms with van der Waals surface area (Å²) in [6, 6.07) is 9.79. The minimum atomic E-state index is -0.806. The average molecular weight is 460 g/mol. The Bertz CT molecular complexity index is 1220. The smallest absolute Gasteiger partial charge is 0.335 e. The van der Waals surface area contributed by atoms with E-state index in [9.17, 15) is 14.4 Å². The Kier molecular flexibility index (Phi) is 7.49. The third-order valence-corrected chi connectivity index (χ3v) is 4.98. The first-order chi connectivity index (χ1) is 16.3. The molecule has 34 heavy (non-hydrogen) atoms. The number of carbonyl (C=O) groups is 3. The molecule has 4 amide bonds. The van der Waals surface area contributed by atoms with Gasteiger partial charge in [0.25, 0.3) is 11.8 Å². The predicted molar refractivity (Wildman–Crippen MR) is 128 cm³/mol. The minimum absolute atomic E-state index is 0.168. The molecule has 1 heterocycles. The number of benzene rings is 2. The van der Waals surface area contributed by atoms with Crippen molar-refractivity contribution in [2.24, 2.45) is 0 Å². The van der Waals surface area contributed by atoms with E-state index in [4.69, 9.17) is 14.7 Å². The zero-order valence-corrected chi connectivity index (χ0v) is 19.3. The van der Waals surface area contributed by atoms with Crippen molar-refractivity contribution in [3.05, 3.63) is 70.8 Å². The van der Waals surface area contributed by atoms with Crippen LogP contribution in [-0.4, -0.2) is 31.1 Å². The molecule has 1 aliphatic rings. The van der Waals surface area contributed by atoms with Crippen LogP contribution in [0.2, 0.25) is 0 Å². The number of amides is 4. The van der Waals surface area contributed by atoms with Crippen molar-refractivity contribution >= 4 is 29.6 Å². The van der Waals surface area contributed by atoms with Crippen LogP contribution in [0.4, 0.5) is 10.5 Å². The van der Waals surface area contributed by atoms with Gasteiger partial charge in [-0.15, -0.1) is 6.58 Å². The minimum Gasteiger partial charge on any atom is -0.490 e. The Morgan fingerprint density at radius 1 is 1.09 bits per heavy atom. The third-order valence-electron chi connectivity index (χ3n) is 4.98. The van der Waals surface area contributed by atoms with Gasteiger partial charge in [0.05, 0.1) is 12.3 Å². The summed E-state index contributed by atoms with van der Waals surface area (Å²) < 4.78 is 11.3. The van der Waals surface area contributed by atoms with Crippen molar-refractivity contribution in [3.63, 3.8) is 0 Å². The zero-order chi connectivity index (χ0) is 24.8. The summed E-state index contributed by atoms with van der Waals surface area (Å²) in [7, 11) is 0. The number of anilines is 1. The molecule has 1 saturated heterocycles. The lowest BCUT2D eigenvalue weighted by Crippen LogP contribution is -2.54. The Labute approximate surface area is 198 Å². The molecule has 2 aromatic rings. The Hall–Kier alpha value is -4.38. The van der Waals surface area contributed by atoms with Gasteiger partial charge in [-0.1, -0.05) is 12.1 Å². The lowest BCUT2D eigenvalue weighted by molar-refractivity contribution is -0.122. The summed E-state index contributed by atoms with van der Waals surface area (Å²) in [5.41, 5.74) is 3.10. The fraction of sp³-hybridized carbons (Fsp3) is 0.231. The van der Waals surface area contributed by atoms with Crippen LogP contribution in [0.25, 0.3) is 6.08 Å². The highest BCUT2D eigenvalue weighted by Crippen LogP contribution is 2.35. The predicted octanol–water partition coefficient (Wildman–Crippen LogP) is 4.00. The van der Waals surface area contributed by atoms with Crippen LogP contribution in [0, 0.1) is 25.2 Å². The van der Waals surface area contributed by atoms with E-state index in [1.54, 1.807) is 37.3 Å². The Balaban J connectivity index is 2.10. The number of allylic oxidation sites excluding steroid dienone is 1. The number of hydrogen-bond acceptors (Lipinski definition) is 6. The molecule has 174 valence electrons. The number of barbiturate groups is 1. The van der Waals surface area contributed by atoms with E-state index in [0.29, 0.717) is 41.3 Å². The molecule has 1 fully saturated rings. The van der Waals surface area contributed by atoms with E-state index >= 15 is 0 Å². The number of rotatable bonds is 8. The molecule has 0 saturated carbocycles. The summed E-state index contributed by atoms with van der Waals surface area (Å²) in [4.78, 5) is 39.4. The van der Waals surface area contributed by atoms with Gasteiger partial charge in [0.2, 0.25) is 0 Å². The van der Waals surface area contributed by atoms with Gasteiger partial charge < -0.3 is 9.47 Å². The maximum atomic E-state index is 13.3. The molecular formula is C26H25N3O5. The first-order valence-electron chi connectivity index (χ1n) is 10.7. The van der Waals surface area contributed by atoms with Crippen molar-refractivity contribution in [2.45, 2.75) is 27.2 Å². The molecular weight excluding hydrogens is 434 g/mol. The van der Waals surface area contributed by atoms with Crippen molar-refractivity contribution < 1.29 is 23.9 Å². The van der Waals surface area contributed by atoms with Gasteiger partial charge in [0, 0.05) is 5.56 Å². The summed E-state index contributed by atoms with van der Waals surface area (Å²) in [6.45, 7) is 9.44. The molecule has 3 rings (SSSR count). The first-order valence-corrected chi connectivity index (χ1v) is 10.7. The van der Waals surface area contributed by atoms with Crippen LogP contribution in [-0.2, 0) is 16.0 Å². The van der Waals surface area contributed by atoms with Crippen molar-refractivity contribution in [2.75, 3.05) is 18.1 Å².